The molecule has 2 bridgehead atoms. The minimum atomic E-state index is -1.30. The first-order valence-corrected chi connectivity index (χ1v) is 16.5. The average molecular weight is 664 g/mol. The van der Waals surface area contributed by atoms with E-state index >= 15 is 0 Å². The van der Waals surface area contributed by atoms with Crippen LogP contribution in [0.2, 0.25) is 0 Å². The van der Waals surface area contributed by atoms with Crippen molar-refractivity contribution in [3.8, 4) is 5.75 Å². The molecule has 13 nitrogen and oxygen atoms in total. The van der Waals surface area contributed by atoms with E-state index in [0.29, 0.717) is 12.3 Å². The van der Waals surface area contributed by atoms with Crippen molar-refractivity contribution in [2.45, 2.75) is 62.8 Å². The maximum absolute atomic E-state index is 14.0. The van der Waals surface area contributed by atoms with Crippen molar-refractivity contribution < 1.29 is 38.6 Å². The zero-order chi connectivity index (χ0) is 34.2. The van der Waals surface area contributed by atoms with E-state index in [0.717, 1.165) is 24.0 Å². The Labute approximate surface area is 280 Å². The molecule has 5 rings (SSSR count). The predicted molar refractivity (Wildman–Crippen MR) is 175 cm³/mol. The van der Waals surface area contributed by atoms with Gasteiger partial charge in [0.25, 0.3) is 5.91 Å². The third kappa shape index (κ3) is 9.32. The number of aliphatic hydroxyl groups is 1. The van der Waals surface area contributed by atoms with Gasteiger partial charge in [0.05, 0.1) is 31.7 Å². The zero-order valence-corrected chi connectivity index (χ0v) is 27.4. The lowest BCUT2D eigenvalue weighted by Crippen LogP contribution is -2.58. The van der Waals surface area contributed by atoms with Gasteiger partial charge in [-0.3, -0.25) is 24.0 Å². The van der Waals surface area contributed by atoms with Gasteiger partial charge >= 0.3 is 0 Å². The topological polar surface area (TPSA) is 167 Å². The predicted octanol–water partition coefficient (Wildman–Crippen LogP) is 0.358. The van der Waals surface area contributed by atoms with Gasteiger partial charge in [0.2, 0.25) is 23.6 Å². The highest BCUT2D eigenvalue weighted by Gasteiger charge is 2.39. The Morgan fingerprint density at radius 2 is 1.77 bits per heavy atom. The highest BCUT2D eigenvalue weighted by atomic mass is 16.5. The number of carbonyl (C=O) groups is 5. The molecule has 2 aliphatic heterocycles. The Hall–Kier alpha value is -4.49. The van der Waals surface area contributed by atoms with Crippen LogP contribution in [-0.4, -0.2) is 115 Å². The molecule has 0 radical (unpaired) electrons. The van der Waals surface area contributed by atoms with Gasteiger partial charge in [-0.25, -0.2) is 0 Å². The monoisotopic (exact) mass is 663 g/mol. The third-order valence-electron chi connectivity index (χ3n) is 9.00. The molecule has 1 aliphatic carbocycles. The molecule has 258 valence electrons. The molecule has 0 spiro atoms. The lowest BCUT2D eigenvalue weighted by molar-refractivity contribution is -0.143. The fourth-order valence-corrected chi connectivity index (χ4v) is 6.22. The number of ether oxygens (including phenoxy) is 2. The molecule has 3 aliphatic rings. The summed E-state index contributed by atoms with van der Waals surface area (Å²) in [6.45, 7) is 1.75. The van der Waals surface area contributed by atoms with Crippen LogP contribution in [0.25, 0.3) is 0 Å². The lowest BCUT2D eigenvalue weighted by atomic mass is 9.93. The van der Waals surface area contributed by atoms with Crippen LogP contribution in [0.5, 0.6) is 5.75 Å². The minimum Gasteiger partial charge on any atom is -0.484 e. The van der Waals surface area contributed by atoms with Crippen LogP contribution in [0.15, 0.2) is 54.6 Å². The van der Waals surface area contributed by atoms with Crippen molar-refractivity contribution in [3.05, 3.63) is 65.7 Å². The van der Waals surface area contributed by atoms with Crippen LogP contribution in [-0.2, 0) is 35.1 Å². The molecule has 5 amide bonds. The third-order valence-corrected chi connectivity index (χ3v) is 9.00. The molecule has 2 aromatic rings. The molecule has 0 aromatic heterocycles. The second kappa shape index (κ2) is 16.1. The number of amides is 5. The van der Waals surface area contributed by atoms with Crippen molar-refractivity contribution in [3.63, 3.8) is 0 Å². The number of aliphatic hydroxyl groups excluding tert-OH is 1. The van der Waals surface area contributed by atoms with Crippen LogP contribution in [0.3, 0.4) is 0 Å². The summed E-state index contributed by atoms with van der Waals surface area (Å²) in [6, 6.07) is 13.6. The van der Waals surface area contributed by atoms with Crippen molar-refractivity contribution in [2.75, 3.05) is 46.5 Å². The Morgan fingerprint density at radius 3 is 2.48 bits per heavy atom. The van der Waals surface area contributed by atoms with Crippen LogP contribution >= 0.6 is 0 Å². The summed E-state index contributed by atoms with van der Waals surface area (Å²) in [5.74, 6) is -2.00. The Kier molecular flexibility index (Phi) is 11.7. The maximum atomic E-state index is 14.0. The van der Waals surface area contributed by atoms with Gasteiger partial charge in [-0.1, -0.05) is 42.5 Å². The van der Waals surface area contributed by atoms with Gasteiger partial charge < -0.3 is 40.3 Å². The number of likely N-dealkylation sites (tertiary alicyclic amines) is 1. The Balaban J connectivity index is 1.48. The fourth-order valence-electron chi connectivity index (χ4n) is 6.22. The van der Waals surface area contributed by atoms with E-state index in [2.05, 4.69) is 16.0 Å². The van der Waals surface area contributed by atoms with Crippen LogP contribution < -0.4 is 20.7 Å². The number of benzene rings is 2. The number of nitrogens with one attached hydrogen (secondary N) is 3. The summed E-state index contributed by atoms with van der Waals surface area (Å²) in [6.07, 6.45) is 0.940. The summed E-state index contributed by atoms with van der Waals surface area (Å²) in [7, 11) is 1.53. The first-order chi connectivity index (χ1) is 23.1. The van der Waals surface area contributed by atoms with E-state index in [1.165, 1.54) is 18.9 Å². The van der Waals surface area contributed by atoms with E-state index in [9.17, 15) is 29.1 Å². The first kappa shape index (κ1) is 34.8. The Morgan fingerprint density at radius 1 is 1.00 bits per heavy atom. The standard InChI is InChI=1S/C35H45N5O8/c1-22(41)33-35(46)40(17-24-11-12-24)20-30(42)36-28(15-23-7-4-3-5-8-23)34(45)37-29-19-39(32(44)13-14-47-2)18-27(29)25-9-6-10-26(16-25)48-21-31(43)38-33/h3-10,16,22,24,27-29,33,41H,11-15,17-21H2,1-2H3,(H,36,42)(H,37,45)(H,38,43)/t22-,27-,28+,29+,33+/m1/s1. The number of carbonyl (C=O) groups excluding carboxylic acids is 5. The highest BCUT2D eigenvalue weighted by Crippen LogP contribution is 2.31. The molecule has 1 saturated carbocycles. The number of rotatable bonds is 8. The number of methoxy groups -OCH3 is 1. The summed E-state index contributed by atoms with van der Waals surface area (Å²) in [5.41, 5.74) is 1.62. The Bertz CT molecular complexity index is 1470. The van der Waals surface area contributed by atoms with E-state index in [4.69, 9.17) is 9.47 Å². The number of hydrogen-bond donors (Lipinski definition) is 4. The molecular formula is C35H45N5O8. The summed E-state index contributed by atoms with van der Waals surface area (Å²) < 4.78 is 10.9. The minimum absolute atomic E-state index is 0.108. The number of nitrogens with zero attached hydrogens (tertiary/aromatic N) is 2. The second-order valence-electron chi connectivity index (χ2n) is 12.9. The molecule has 5 atom stereocenters. The van der Waals surface area contributed by atoms with E-state index in [-0.39, 0.29) is 56.8 Å². The molecule has 13 heteroatoms. The number of fused-ring (bicyclic) bond motifs is 4. The molecule has 48 heavy (non-hydrogen) atoms. The van der Waals surface area contributed by atoms with Crippen molar-refractivity contribution in [2.24, 2.45) is 5.92 Å². The summed E-state index contributed by atoms with van der Waals surface area (Å²) in [5, 5.41) is 19.1. The van der Waals surface area contributed by atoms with E-state index in [1.54, 1.807) is 23.1 Å². The molecular weight excluding hydrogens is 618 g/mol. The fraction of sp³-hybridized carbons (Fsp3) is 0.514. The lowest BCUT2D eigenvalue weighted by Gasteiger charge is -2.30. The van der Waals surface area contributed by atoms with Gasteiger partial charge in [-0.2, -0.15) is 0 Å². The van der Waals surface area contributed by atoms with Gasteiger partial charge in [0.1, 0.15) is 17.8 Å². The quantitative estimate of drug-likeness (QED) is 0.314. The van der Waals surface area contributed by atoms with Gasteiger partial charge in [-0.15, -0.1) is 0 Å². The second-order valence-corrected chi connectivity index (χ2v) is 12.9. The summed E-state index contributed by atoms with van der Waals surface area (Å²) >= 11 is 0. The van der Waals surface area contributed by atoms with Crippen molar-refractivity contribution in [1.29, 1.82) is 0 Å². The molecule has 0 unspecified atom stereocenters. The van der Waals surface area contributed by atoms with Gasteiger partial charge in [0, 0.05) is 39.1 Å². The van der Waals surface area contributed by atoms with E-state index in [1.807, 2.05) is 36.4 Å². The molecule has 2 heterocycles. The van der Waals surface area contributed by atoms with Gasteiger partial charge in [-0.05, 0) is 48.9 Å². The molecule has 2 fully saturated rings. The molecule has 4 N–H and O–H groups in total. The van der Waals surface area contributed by atoms with Gasteiger partial charge in [0.15, 0.2) is 6.61 Å². The average Bonchev–Trinajstić information content (AvgIpc) is 3.80. The smallest absolute Gasteiger partial charge is 0.258 e. The van der Waals surface area contributed by atoms with Crippen molar-refractivity contribution in [1.82, 2.24) is 25.8 Å². The van der Waals surface area contributed by atoms with E-state index < -0.39 is 54.5 Å². The summed E-state index contributed by atoms with van der Waals surface area (Å²) in [4.78, 5) is 70.4. The maximum Gasteiger partial charge on any atom is 0.258 e. The zero-order valence-electron chi connectivity index (χ0n) is 27.4. The number of hydrogen-bond acceptors (Lipinski definition) is 8. The molecule has 1 saturated heterocycles. The largest absolute Gasteiger partial charge is 0.484 e. The van der Waals surface area contributed by atoms with Crippen LogP contribution in [0.1, 0.15) is 43.2 Å². The van der Waals surface area contributed by atoms with Crippen molar-refractivity contribution >= 4 is 29.5 Å². The normalized spacial score (nSPS) is 24.7. The highest BCUT2D eigenvalue weighted by molar-refractivity contribution is 5.93. The first-order valence-electron chi connectivity index (χ1n) is 16.5. The molecule has 2 aromatic carbocycles. The van der Waals surface area contributed by atoms with Crippen LogP contribution in [0.4, 0.5) is 0 Å². The van der Waals surface area contributed by atoms with Crippen LogP contribution in [0, 0.1) is 5.92 Å². The SMILES string of the molecule is COCCC(=O)N1C[C@@H]2NC(=O)[C@H](Cc3ccccc3)NC(=O)CN(CC3CC3)C(=O)[C@H]([C@@H](C)O)NC(=O)COc3cccc(c3)[C@H]2C1.